The second-order valence-corrected chi connectivity index (χ2v) is 6.85. The van der Waals surface area contributed by atoms with Crippen molar-refractivity contribution in [3.8, 4) is 0 Å². The average Bonchev–Trinajstić information content (AvgIpc) is 3.15. The summed E-state index contributed by atoms with van der Waals surface area (Å²) in [6, 6.07) is 6.25. The molecule has 2 aromatic rings. The number of hydrogen-bond acceptors (Lipinski definition) is 7. The van der Waals surface area contributed by atoms with Crippen molar-refractivity contribution in [2.45, 2.75) is 26.9 Å². The van der Waals surface area contributed by atoms with Crippen LogP contribution in [0.1, 0.15) is 59.7 Å². The summed E-state index contributed by atoms with van der Waals surface area (Å²) in [6.45, 7) is 3.96. The summed E-state index contributed by atoms with van der Waals surface area (Å²) in [5.41, 5.74) is 1.62. The van der Waals surface area contributed by atoms with Crippen molar-refractivity contribution >= 4 is 29.5 Å². The molecule has 0 saturated heterocycles. The van der Waals surface area contributed by atoms with Gasteiger partial charge in [0.05, 0.1) is 29.5 Å². The maximum Gasteiger partial charge on any atom is 0.339 e. The van der Waals surface area contributed by atoms with E-state index in [-0.39, 0.29) is 22.4 Å². The van der Waals surface area contributed by atoms with Gasteiger partial charge in [-0.05, 0) is 38.5 Å². The predicted octanol–water partition coefficient (Wildman–Crippen LogP) is 1.83. The van der Waals surface area contributed by atoms with Gasteiger partial charge in [-0.3, -0.25) is 24.1 Å². The third-order valence-electron chi connectivity index (χ3n) is 4.92. The Morgan fingerprint density at radius 3 is 2.17 bits per heavy atom. The molecule has 0 bridgehead atoms. The van der Waals surface area contributed by atoms with Gasteiger partial charge in [-0.2, -0.15) is 0 Å². The van der Waals surface area contributed by atoms with Gasteiger partial charge in [-0.1, -0.05) is 12.1 Å². The van der Waals surface area contributed by atoms with Crippen LogP contribution in [0.25, 0.3) is 0 Å². The molecule has 0 radical (unpaired) electrons. The van der Waals surface area contributed by atoms with Crippen LogP contribution < -0.4 is 0 Å². The number of hydrogen-bond donors (Lipinski definition) is 1. The number of carbonyl (C=O) groups excluding carboxylic acids is 5. The summed E-state index contributed by atoms with van der Waals surface area (Å²) in [4.78, 5) is 65.2. The number of methoxy groups -OCH3 is 1. The number of benzene rings is 1. The van der Waals surface area contributed by atoms with E-state index in [0.29, 0.717) is 11.3 Å². The van der Waals surface area contributed by atoms with E-state index in [1.165, 1.54) is 26.2 Å². The zero-order valence-corrected chi connectivity index (χ0v) is 16.9. The van der Waals surface area contributed by atoms with Gasteiger partial charge < -0.3 is 14.5 Å². The zero-order chi connectivity index (χ0) is 22.2. The summed E-state index contributed by atoms with van der Waals surface area (Å²) in [6.07, 6.45) is -1.20. The monoisotopic (exact) mass is 412 g/mol. The maximum absolute atomic E-state index is 12.7. The highest BCUT2D eigenvalue weighted by Gasteiger charge is 2.37. The van der Waals surface area contributed by atoms with Crippen LogP contribution in [0.15, 0.2) is 24.3 Å². The van der Waals surface area contributed by atoms with E-state index in [2.05, 4.69) is 4.98 Å². The summed E-state index contributed by atoms with van der Waals surface area (Å²) >= 11 is 0. The number of aromatic nitrogens is 1. The minimum absolute atomic E-state index is 0.119. The lowest BCUT2D eigenvalue weighted by Gasteiger charge is -2.16. The van der Waals surface area contributed by atoms with Crippen molar-refractivity contribution < 1.29 is 33.4 Å². The smallest absolute Gasteiger partial charge is 0.339 e. The molecule has 1 aliphatic heterocycles. The van der Waals surface area contributed by atoms with Crippen molar-refractivity contribution in [2.75, 3.05) is 13.7 Å². The molecule has 1 unspecified atom stereocenters. The van der Waals surface area contributed by atoms with E-state index in [1.54, 1.807) is 26.0 Å². The number of esters is 2. The Bertz CT molecular complexity index is 1050. The van der Waals surface area contributed by atoms with Gasteiger partial charge in [0.2, 0.25) is 5.78 Å². The standard InChI is InChI=1S/C21H20N2O7/c1-10-16(21(28)29-4)11(2)22-17(10)18(25)12(3)30-15(24)9-23-19(26)13-7-5-6-8-14(13)20(23)27/h5-8,12,22H,9H2,1-4H3. The highest BCUT2D eigenvalue weighted by atomic mass is 16.5. The van der Waals surface area contributed by atoms with E-state index < -0.39 is 42.2 Å². The number of nitrogens with zero attached hydrogens (tertiary/aromatic N) is 1. The number of ketones is 1. The van der Waals surface area contributed by atoms with Gasteiger partial charge in [0.1, 0.15) is 6.54 Å². The van der Waals surface area contributed by atoms with Gasteiger partial charge in [0, 0.05) is 5.69 Å². The summed E-state index contributed by atoms with van der Waals surface area (Å²) in [5, 5.41) is 0. The van der Waals surface area contributed by atoms with Crippen LogP contribution in [0.2, 0.25) is 0 Å². The second-order valence-electron chi connectivity index (χ2n) is 6.85. The number of aryl methyl sites for hydroxylation is 1. The van der Waals surface area contributed by atoms with Gasteiger partial charge in [-0.25, -0.2) is 4.79 Å². The summed E-state index contributed by atoms with van der Waals surface area (Å²) < 4.78 is 9.86. The highest BCUT2D eigenvalue weighted by molar-refractivity contribution is 6.22. The molecule has 0 saturated carbocycles. The number of fused-ring (bicyclic) bond motifs is 1. The van der Waals surface area contributed by atoms with Crippen LogP contribution in [0.3, 0.4) is 0 Å². The van der Waals surface area contributed by atoms with E-state index >= 15 is 0 Å². The molecule has 0 aliphatic carbocycles. The molecule has 3 rings (SSSR count). The largest absolute Gasteiger partial charge is 0.465 e. The fourth-order valence-electron chi connectivity index (χ4n) is 3.41. The Hall–Kier alpha value is -3.75. The molecule has 2 heterocycles. The fourth-order valence-corrected chi connectivity index (χ4v) is 3.41. The van der Waals surface area contributed by atoms with E-state index in [1.807, 2.05) is 0 Å². The molecule has 1 atom stereocenters. The first-order valence-electron chi connectivity index (χ1n) is 9.13. The predicted molar refractivity (Wildman–Crippen MR) is 103 cm³/mol. The Labute approximate surface area is 172 Å². The molecule has 1 N–H and O–H groups in total. The first-order valence-corrected chi connectivity index (χ1v) is 9.13. The molecule has 1 aromatic carbocycles. The summed E-state index contributed by atoms with van der Waals surface area (Å²) in [5.74, 6) is -3.23. The van der Waals surface area contributed by atoms with Crippen LogP contribution in [0, 0.1) is 13.8 Å². The van der Waals surface area contributed by atoms with Gasteiger partial charge in [0.15, 0.2) is 6.10 Å². The molecule has 9 nitrogen and oxygen atoms in total. The molecular formula is C21H20N2O7. The summed E-state index contributed by atoms with van der Waals surface area (Å²) in [7, 11) is 1.24. The van der Waals surface area contributed by atoms with Gasteiger partial charge in [0.25, 0.3) is 11.8 Å². The number of H-pyrrole nitrogens is 1. The van der Waals surface area contributed by atoms with Crippen molar-refractivity contribution in [1.29, 1.82) is 0 Å². The lowest BCUT2D eigenvalue weighted by atomic mass is 10.1. The number of nitrogens with one attached hydrogen (secondary N) is 1. The van der Waals surface area contributed by atoms with Crippen LogP contribution in [-0.2, 0) is 14.3 Å². The van der Waals surface area contributed by atoms with E-state index in [4.69, 9.17) is 9.47 Å². The first kappa shape index (κ1) is 21.0. The van der Waals surface area contributed by atoms with Crippen molar-refractivity contribution in [3.05, 3.63) is 57.9 Å². The van der Waals surface area contributed by atoms with Crippen LogP contribution in [0.5, 0.6) is 0 Å². The minimum atomic E-state index is -1.20. The van der Waals surface area contributed by atoms with Crippen molar-refractivity contribution in [2.24, 2.45) is 0 Å². The number of imide groups is 1. The lowest BCUT2D eigenvalue weighted by molar-refractivity contribution is -0.146. The maximum atomic E-state index is 12.7. The van der Waals surface area contributed by atoms with E-state index in [0.717, 1.165) is 4.90 Å². The third-order valence-corrected chi connectivity index (χ3v) is 4.92. The molecule has 30 heavy (non-hydrogen) atoms. The Kier molecular flexibility index (Phi) is 5.55. The Balaban J connectivity index is 1.70. The fraction of sp³-hybridized carbons (Fsp3) is 0.286. The molecule has 9 heteroatoms. The number of amides is 2. The number of aromatic amines is 1. The topological polar surface area (TPSA) is 123 Å². The average molecular weight is 412 g/mol. The van der Waals surface area contributed by atoms with Crippen LogP contribution in [0.4, 0.5) is 0 Å². The quantitative estimate of drug-likeness (QED) is 0.436. The number of carbonyl (C=O) groups is 5. The SMILES string of the molecule is COC(=O)c1c(C)[nH]c(C(=O)C(C)OC(=O)CN2C(=O)c3ccccc3C2=O)c1C. The normalized spacial score (nSPS) is 13.8. The third kappa shape index (κ3) is 3.49. The molecule has 0 fully saturated rings. The molecule has 1 aromatic heterocycles. The van der Waals surface area contributed by atoms with Crippen molar-refractivity contribution in [1.82, 2.24) is 9.88 Å². The van der Waals surface area contributed by atoms with Gasteiger partial charge in [-0.15, -0.1) is 0 Å². The molecule has 1 aliphatic rings. The number of Topliss-reactive ketones (excluding diaryl/α,β-unsaturated/α-hetero) is 1. The number of rotatable bonds is 6. The number of ether oxygens (including phenoxy) is 2. The van der Waals surface area contributed by atoms with Crippen LogP contribution >= 0.6 is 0 Å². The van der Waals surface area contributed by atoms with Crippen LogP contribution in [-0.4, -0.2) is 59.2 Å². The zero-order valence-electron chi connectivity index (χ0n) is 16.9. The minimum Gasteiger partial charge on any atom is -0.465 e. The molecule has 2 amide bonds. The Morgan fingerprint density at radius 1 is 1.07 bits per heavy atom. The first-order chi connectivity index (χ1) is 14.2. The molecule has 0 spiro atoms. The molecular weight excluding hydrogens is 392 g/mol. The Morgan fingerprint density at radius 2 is 1.63 bits per heavy atom. The van der Waals surface area contributed by atoms with Gasteiger partial charge >= 0.3 is 11.9 Å². The molecule has 156 valence electrons. The lowest BCUT2D eigenvalue weighted by Crippen LogP contribution is -2.37. The highest BCUT2D eigenvalue weighted by Crippen LogP contribution is 2.23. The van der Waals surface area contributed by atoms with E-state index in [9.17, 15) is 24.0 Å². The second kappa shape index (κ2) is 7.94. The van der Waals surface area contributed by atoms with Crippen molar-refractivity contribution in [3.63, 3.8) is 0 Å².